The highest BCUT2D eigenvalue weighted by atomic mass is 32.2. The maximum Gasteiger partial charge on any atom is 0.243 e. The Labute approximate surface area is 182 Å². The van der Waals surface area contributed by atoms with Crippen LogP contribution in [0.2, 0.25) is 0 Å². The van der Waals surface area contributed by atoms with Crippen LogP contribution in [0.3, 0.4) is 0 Å². The van der Waals surface area contributed by atoms with Gasteiger partial charge in [-0.1, -0.05) is 17.6 Å². The molecule has 7 nitrogen and oxygen atoms in total. The fourth-order valence-corrected chi connectivity index (χ4v) is 6.99. The summed E-state index contributed by atoms with van der Waals surface area (Å²) >= 11 is 0. The second-order valence-corrected chi connectivity index (χ2v) is 11.5. The first kappa shape index (κ1) is 21.0. The minimum Gasteiger partial charge on any atom is -0.339 e. The molecule has 2 saturated heterocycles. The van der Waals surface area contributed by atoms with Gasteiger partial charge in [0.15, 0.2) is 5.82 Å². The summed E-state index contributed by atoms with van der Waals surface area (Å²) in [7, 11) is -1.62. The van der Waals surface area contributed by atoms with E-state index in [1.807, 2.05) is 0 Å². The zero-order valence-corrected chi connectivity index (χ0v) is 18.9. The Morgan fingerprint density at radius 2 is 1.97 bits per heavy atom. The highest BCUT2D eigenvalue weighted by Gasteiger charge is 2.47. The van der Waals surface area contributed by atoms with Crippen molar-refractivity contribution in [1.29, 1.82) is 0 Å². The maximum atomic E-state index is 13.7. The Bertz CT molecular complexity index is 1070. The van der Waals surface area contributed by atoms with Crippen LogP contribution < -0.4 is 0 Å². The average Bonchev–Trinajstić information content (AvgIpc) is 3.27. The van der Waals surface area contributed by atoms with Crippen LogP contribution in [0.25, 0.3) is 0 Å². The molecule has 0 bridgehead atoms. The molecule has 3 aliphatic rings. The van der Waals surface area contributed by atoms with Crippen LogP contribution in [0.4, 0.5) is 4.39 Å². The summed E-state index contributed by atoms with van der Waals surface area (Å²) in [5, 5.41) is 4.27. The highest BCUT2D eigenvalue weighted by Crippen LogP contribution is 2.48. The monoisotopic (exact) mass is 448 g/mol. The fourth-order valence-electron chi connectivity index (χ4n) is 5.32. The molecule has 2 aromatic rings. The maximum absolute atomic E-state index is 13.7. The molecule has 1 aliphatic carbocycles. The van der Waals surface area contributed by atoms with Crippen molar-refractivity contribution in [1.82, 2.24) is 19.3 Å². The first-order chi connectivity index (χ1) is 14.8. The number of hydrogen-bond acceptors (Lipinski definition) is 6. The first-order valence-corrected chi connectivity index (χ1v) is 12.5. The highest BCUT2D eigenvalue weighted by molar-refractivity contribution is 7.89. The van der Waals surface area contributed by atoms with Crippen LogP contribution in [-0.4, -0.2) is 54.4 Å². The van der Waals surface area contributed by atoms with Gasteiger partial charge in [0, 0.05) is 25.6 Å². The number of nitrogens with zero attached hydrogens (tertiary/aromatic N) is 4. The Kier molecular flexibility index (Phi) is 5.18. The van der Waals surface area contributed by atoms with Gasteiger partial charge in [0.1, 0.15) is 5.82 Å². The van der Waals surface area contributed by atoms with Gasteiger partial charge in [0.05, 0.1) is 10.9 Å². The lowest BCUT2D eigenvalue weighted by atomic mass is 9.77. The van der Waals surface area contributed by atoms with Crippen molar-refractivity contribution in [2.24, 2.45) is 5.41 Å². The molecule has 3 fully saturated rings. The van der Waals surface area contributed by atoms with Crippen molar-refractivity contribution in [2.75, 3.05) is 26.7 Å². The van der Waals surface area contributed by atoms with Crippen LogP contribution in [-0.2, 0) is 10.0 Å². The lowest BCUT2D eigenvalue weighted by Gasteiger charge is -2.38. The molecule has 1 aromatic carbocycles. The third-order valence-corrected chi connectivity index (χ3v) is 9.54. The number of hydrogen-bond donors (Lipinski definition) is 0. The van der Waals surface area contributed by atoms with Crippen LogP contribution in [0, 0.1) is 18.2 Å². The Hall–Kier alpha value is -1.84. The quantitative estimate of drug-likeness (QED) is 0.711. The molecule has 31 heavy (non-hydrogen) atoms. The molecule has 0 N–H and O–H groups in total. The van der Waals surface area contributed by atoms with E-state index in [0.717, 1.165) is 56.4 Å². The average molecular weight is 449 g/mol. The van der Waals surface area contributed by atoms with Crippen molar-refractivity contribution in [3.05, 3.63) is 41.3 Å². The summed E-state index contributed by atoms with van der Waals surface area (Å²) in [6.07, 6.45) is 5.93. The smallest absolute Gasteiger partial charge is 0.243 e. The number of halogens is 1. The standard InChI is InChI=1S/C22H29FN4O3S/c1-15-6-7-17(23)12-19(15)31(28,29)27-10-8-22(9-11-27)13-18(26(2)14-22)20-24-21(30-25-20)16-4-3-5-16/h6-7,12,16,18H,3-5,8-11,13-14H2,1-2H3. The molecular formula is C22H29FN4O3S. The molecule has 9 heteroatoms. The van der Waals surface area contributed by atoms with Gasteiger partial charge in [-0.3, -0.25) is 4.90 Å². The van der Waals surface area contributed by atoms with E-state index in [4.69, 9.17) is 9.51 Å². The van der Waals surface area contributed by atoms with Gasteiger partial charge in [-0.05, 0) is 69.2 Å². The Morgan fingerprint density at radius 1 is 1.23 bits per heavy atom. The molecule has 1 atom stereocenters. The lowest BCUT2D eigenvalue weighted by molar-refractivity contribution is 0.161. The van der Waals surface area contributed by atoms with Crippen LogP contribution in [0.15, 0.2) is 27.6 Å². The van der Waals surface area contributed by atoms with E-state index in [1.165, 1.54) is 22.9 Å². The van der Waals surface area contributed by atoms with Crippen molar-refractivity contribution >= 4 is 10.0 Å². The van der Waals surface area contributed by atoms with E-state index in [-0.39, 0.29) is 16.4 Å². The van der Waals surface area contributed by atoms with Crippen LogP contribution in [0.1, 0.15) is 67.8 Å². The zero-order chi connectivity index (χ0) is 21.8. The van der Waals surface area contributed by atoms with E-state index >= 15 is 0 Å². The summed E-state index contributed by atoms with van der Waals surface area (Å²) < 4.78 is 47.0. The van der Waals surface area contributed by atoms with Crippen LogP contribution >= 0.6 is 0 Å². The molecule has 0 amide bonds. The molecule has 3 heterocycles. The number of piperidine rings is 1. The van der Waals surface area contributed by atoms with Gasteiger partial charge in [-0.2, -0.15) is 9.29 Å². The van der Waals surface area contributed by atoms with Crippen molar-refractivity contribution in [3.8, 4) is 0 Å². The summed E-state index contributed by atoms with van der Waals surface area (Å²) in [4.78, 5) is 7.04. The molecule has 0 radical (unpaired) electrons. The number of rotatable bonds is 4. The number of aryl methyl sites for hydroxylation is 1. The number of benzene rings is 1. The van der Waals surface area contributed by atoms with E-state index in [9.17, 15) is 12.8 Å². The lowest BCUT2D eigenvalue weighted by Crippen LogP contribution is -2.44. The largest absolute Gasteiger partial charge is 0.339 e. The third-order valence-electron chi connectivity index (χ3n) is 7.50. The minimum atomic E-state index is -3.70. The normalized spacial score (nSPS) is 25.2. The zero-order valence-electron chi connectivity index (χ0n) is 18.1. The minimum absolute atomic E-state index is 0.0414. The van der Waals surface area contributed by atoms with Gasteiger partial charge >= 0.3 is 0 Å². The van der Waals surface area contributed by atoms with Crippen molar-refractivity contribution in [3.63, 3.8) is 0 Å². The molecule has 1 unspecified atom stereocenters. The third kappa shape index (κ3) is 3.70. The van der Waals surface area contributed by atoms with Crippen molar-refractivity contribution < 1.29 is 17.3 Å². The van der Waals surface area contributed by atoms with Gasteiger partial charge < -0.3 is 4.52 Å². The summed E-state index contributed by atoms with van der Waals surface area (Å²) in [6.45, 7) is 3.48. The second-order valence-electron chi connectivity index (χ2n) is 9.57. The van der Waals surface area contributed by atoms with Gasteiger partial charge in [-0.15, -0.1) is 0 Å². The van der Waals surface area contributed by atoms with Crippen molar-refractivity contribution in [2.45, 2.75) is 62.3 Å². The topological polar surface area (TPSA) is 79.5 Å². The van der Waals surface area contributed by atoms with E-state index in [0.29, 0.717) is 24.6 Å². The molecular weight excluding hydrogens is 419 g/mol. The molecule has 5 rings (SSSR count). The summed E-state index contributed by atoms with van der Waals surface area (Å²) in [6, 6.07) is 4.05. The fraction of sp³-hybridized carbons (Fsp3) is 0.636. The molecule has 2 aliphatic heterocycles. The summed E-state index contributed by atoms with van der Waals surface area (Å²) in [5.74, 6) is 1.41. The SMILES string of the molecule is Cc1ccc(F)cc1S(=O)(=O)N1CCC2(CC1)CC(c1noc(C3CCC3)n1)N(C)C2. The van der Waals surface area contributed by atoms with Gasteiger partial charge in [0.2, 0.25) is 15.9 Å². The van der Waals surface area contributed by atoms with E-state index in [2.05, 4.69) is 17.1 Å². The first-order valence-electron chi connectivity index (χ1n) is 11.1. The molecule has 1 spiro atoms. The molecule has 1 aromatic heterocycles. The van der Waals surface area contributed by atoms with E-state index < -0.39 is 15.8 Å². The van der Waals surface area contributed by atoms with Crippen LogP contribution in [0.5, 0.6) is 0 Å². The molecule has 168 valence electrons. The van der Waals surface area contributed by atoms with Gasteiger partial charge in [-0.25, -0.2) is 12.8 Å². The van der Waals surface area contributed by atoms with Gasteiger partial charge in [0.25, 0.3) is 0 Å². The predicted octanol–water partition coefficient (Wildman–Crippen LogP) is 3.63. The predicted molar refractivity (Wildman–Crippen MR) is 112 cm³/mol. The van der Waals surface area contributed by atoms with E-state index in [1.54, 1.807) is 6.92 Å². The second kappa shape index (κ2) is 7.64. The molecule has 1 saturated carbocycles. The Balaban J connectivity index is 1.28. The summed E-state index contributed by atoms with van der Waals surface area (Å²) in [5.41, 5.74) is 0.612. The number of aromatic nitrogens is 2. The number of likely N-dealkylation sites (tertiary alicyclic amines) is 1. The Morgan fingerprint density at radius 3 is 2.65 bits per heavy atom. The number of sulfonamides is 1.